The first-order valence-electron chi connectivity index (χ1n) is 4.33. The van der Waals surface area contributed by atoms with Crippen molar-refractivity contribution in [2.45, 2.75) is 0 Å². The maximum Gasteiger partial charge on any atom is 0.0359 e. The Morgan fingerprint density at radius 3 is 2.62 bits per heavy atom. The molecule has 0 radical (unpaired) electrons. The van der Waals surface area contributed by atoms with E-state index in [9.17, 15) is 0 Å². The Hall–Kier alpha value is 0.150. The topological polar surface area (TPSA) is 45.2 Å². The number of nitrogens with zero attached hydrogens (tertiary/aromatic N) is 2. The van der Waals surface area contributed by atoms with E-state index in [0.717, 1.165) is 50.5 Å². The van der Waals surface area contributed by atoms with Crippen LogP contribution in [0, 0.1) is 0 Å². The lowest BCUT2D eigenvalue weighted by Gasteiger charge is -2.31. The summed E-state index contributed by atoms with van der Waals surface area (Å²) in [5.74, 6) is 0.810. The molecule has 78 valence electrons. The van der Waals surface area contributed by atoms with Crippen LogP contribution in [0.2, 0.25) is 0 Å². The van der Waals surface area contributed by atoms with Crippen molar-refractivity contribution in [1.82, 2.24) is 9.80 Å². The van der Waals surface area contributed by atoms with Gasteiger partial charge in [-0.2, -0.15) is 0 Å². The number of hydrogen-bond donors (Lipinski definition) is 1. The third-order valence-electron chi connectivity index (χ3n) is 2.17. The van der Waals surface area contributed by atoms with Crippen LogP contribution in [0.5, 0.6) is 0 Å². The van der Waals surface area contributed by atoms with Gasteiger partial charge in [-0.1, -0.05) is 5.04 Å². The van der Waals surface area contributed by atoms with Crippen LogP contribution < -0.4 is 0 Å². The molecule has 0 saturated carbocycles. The molecular formula is C7H16N2O3S. The molecule has 1 rings (SSSR count). The van der Waals surface area contributed by atoms with Crippen LogP contribution >= 0.6 is 12.0 Å². The molecular weight excluding hydrogens is 192 g/mol. The number of rotatable bonds is 5. The molecule has 0 aromatic carbocycles. The Balaban J connectivity index is 1.96. The van der Waals surface area contributed by atoms with Crippen molar-refractivity contribution in [2.75, 3.05) is 45.5 Å². The fraction of sp³-hybridized carbons (Fsp3) is 1.00. The lowest BCUT2D eigenvalue weighted by atomic mass is 10.3. The third-order valence-corrected chi connectivity index (χ3v) is 2.67. The maximum absolute atomic E-state index is 7.87. The van der Waals surface area contributed by atoms with Crippen molar-refractivity contribution >= 4 is 12.0 Å². The van der Waals surface area contributed by atoms with Crippen molar-refractivity contribution in [3.63, 3.8) is 0 Å². The van der Waals surface area contributed by atoms with Gasteiger partial charge < -0.3 is 4.90 Å². The highest BCUT2D eigenvalue weighted by Gasteiger charge is 2.12. The van der Waals surface area contributed by atoms with E-state index in [1.807, 2.05) is 0 Å². The highest BCUT2D eigenvalue weighted by molar-refractivity contribution is 7.94. The summed E-state index contributed by atoms with van der Waals surface area (Å²) >= 11 is 1.12. The first kappa shape index (κ1) is 11.2. The van der Waals surface area contributed by atoms with Gasteiger partial charge in [0.15, 0.2) is 0 Å². The van der Waals surface area contributed by atoms with Gasteiger partial charge in [-0.15, -0.1) is 4.33 Å². The molecule has 1 heterocycles. The van der Waals surface area contributed by atoms with Gasteiger partial charge in [0, 0.05) is 50.5 Å². The second-order valence-electron chi connectivity index (χ2n) is 3.11. The van der Waals surface area contributed by atoms with E-state index in [1.165, 1.54) is 0 Å². The zero-order valence-electron chi connectivity index (χ0n) is 7.81. The first-order valence-corrected chi connectivity index (χ1v) is 5.24. The van der Waals surface area contributed by atoms with E-state index >= 15 is 0 Å². The van der Waals surface area contributed by atoms with Crippen LogP contribution in [-0.4, -0.2) is 60.6 Å². The number of piperazine rings is 1. The zero-order valence-corrected chi connectivity index (χ0v) is 8.63. The summed E-state index contributed by atoms with van der Waals surface area (Å²) in [7, 11) is 2.13. The predicted octanol–water partition coefficient (Wildman–Crippen LogP) is 0.303. The van der Waals surface area contributed by atoms with Crippen LogP contribution in [0.4, 0.5) is 0 Å². The lowest BCUT2D eigenvalue weighted by molar-refractivity contribution is -0.432. The predicted molar refractivity (Wildman–Crippen MR) is 51.2 cm³/mol. The fourth-order valence-electron chi connectivity index (χ4n) is 1.29. The fourth-order valence-corrected chi connectivity index (χ4v) is 1.74. The van der Waals surface area contributed by atoms with Gasteiger partial charge >= 0.3 is 0 Å². The van der Waals surface area contributed by atoms with Crippen LogP contribution in [0.1, 0.15) is 0 Å². The van der Waals surface area contributed by atoms with E-state index in [0.29, 0.717) is 0 Å². The van der Waals surface area contributed by atoms with E-state index in [1.54, 1.807) is 0 Å². The van der Waals surface area contributed by atoms with Gasteiger partial charge in [-0.3, -0.25) is 4.90 Å². The average molecular weight is 208 g/mol. The van der Waals surface area contributed by atoms with Crippen molar-refractivity contribution < 1.29 is 14.6 Å². The minimum Gasteiger partial charge on any atom is -0.304 e. The molecule has 0 bridgehead atoms. The molecule has 13 heavy (non-hydrogen) atoms. The molecule has 0 unspecified atom stereocenters. The van der Waals surface area contributed by atoms with Crippen LogP contribution in [0.25, 0.3) is 0 Å². The van der Waals surface area contributed by atoms with Crippen LogP contribution in [0.15, 0.2) is 0 Å². The van der Waals surface area contributed by atoms with Gasteiger partial charge in [0.2, 0.25) is 0 Å². The van der Waals surface area contributed by atoms with Gasteiger partial charge in [-0.25, -0.2) is 5.26 Å². The zero-order chi connectivity index (χ0) is 9.52. The molecule has 0 aliphatic carbocycles. The largest absolute Gasteiger partial charge is 0.304 e. The molecule has 0 spiro atoms. The quantitative estimate of drug-likeness (QED) is 0.303. The Morgan fingerprint density at radius 2 is 2.00 bits per heavy atom. The van der Waals surface area contributed by atoms with Crippen LogP contribution in [0.3, 0.4) is 0 Å². The second kappa shape index (κ2) is 6.58. The highest BCUT2D eigenvalue weighted by atomic mass is 32.2. The van der Waals surface area contributed by atoms with E-state index in [4.69, 9.17) is 5.26 Å². The Bertz CT molecular complexity index is 131. The maximum atomic E-state index is 7.87. The summed E-state index contributed by atoms with van der Waals surface area (Å²) in [6.45, 7) is 5.44. The molecule has 1 aliphatic rings. The summed E-state index contributed by atoms with van der Waals surface area (Å²) in [6.07, 6.45) is 0. The molecule has 5 nitrogen and oxygen atoms in total. The second-order valence-corrected chi connectivity index (χ2v) is 3.89. The molecule has 6 heteroatoms. The average Bonchev–Trinajstić information content (AvgIpc) is 2.15. The molecule has 1 N–H and O–H groups in total. The minimum absolute atomic E-state index is 0.810. The molecule has 0 aromatic heterocycles. The Morgan fingerprint density at radius 1 is 1.31 bits per heavy atom. The smallest absolute Gasteiger partial charge is 0.0359 e. The van der Waals surface area contributed by atoms with Gasteiger partial charge in [0.1, 0.15) is 0 Å². The molecule has 0 aromatic rings. The highest BCUT2D eigenvalue weighted by Crippen LogP contribution is 2.04. The van der Waals surface area contributed by atoms with Crippen molar-refractivity contribution in [3.8, 4) is 0 Å². The summed E-state index contributed by atoms with van der Waals surface area (Å²) in [5, 5.41) is 11.4. The summed E-state index contributed by atoms with van der Waals surface area (Å²) < 4.78 is 4.28. The van der Waals surface area contributed by atoms with E-state index in [2.05, 4.69) is 26.2 Å². The summed E-state index contributed by atoms with van der Waals surface area (Å²) in [6, 6.07) is 0. The lowest BCUT2D eigenvalue weighted by Crippen LogP contribution is -2.45. The monoisotopic (exact) mass is 208 g/mol. The van der Waals surface area contributed by atoms with Crippen molar-refractivity contribution in [2.24, 2.45) is 0 Å². The Labute approximate surface area is 82.7 Å². The van der Waals surface area contributed by atoms with E-state index < -0.39 is 0 Å². The number of hydrogen-bond acceptors (Lipinski definition) is 6. The van der Waals surface area contributed by atoms with Crippen LogP contribution in [-0.2, 0) is 9.37 Å². The molecule has 1 saturated heterocycles. The summed E-state index contributed by atoms with van der Waals surface area (Å²) in [4.78, 5) is 4.69. The molecule has 0 atom stereocenters. The standard InChI is InChI=1S/C7H16N2O3S/c1-8-2-4-9(5-3-8)6-7-13-12-11-10/h10H,2-7H2,1H3. The minimum atomic E-state index is 0.810. The van der Waals surface area contributed by atoms with Crippen molar-refractivity contribution in [1.29, 1.82) is 0 Å². The summed E-state index contributed by atoms with van der Waals surface area (Å²) in [5.41, 5.74) is 0. The normalized spacial score (nSPS) is 20.8. The first-order chi connectivity index (χ1) is 6.33. The molecule has 1 aliphatic heterocycles. The van der Waals surface area contributed by atoms with E-state index in [-0.39, 0.29) is 0 Å². The molecule has 0 amide bonds. The van der Waals surface area contributed by atoms with Gasteiger partial charge in [-0.05, 0) is 7.05 Å². The van der Waals surface area contributed by atoms with Gasteiger partial charge in [0.25, 0.3) is 0 Å². The van der Waals surface area contributed by atoms with Gasteiger partial charge in [0.05, 0.1) is 0 Å². The molecule has 1 fully saturated rings. The third kappa shape index (κ3) is 4.80. The van der Waals surface area contributed by atoms with Crippen molar-refractivity contribution in [3.05, 3.63) is 0 Å². The number of likely N-dealkylation sites (N-methyl/N-ethyl adjacent to an activating group) is 1. The SMILES string of the molecule is CN1CCN(CCSOOO)CC1. The Kier molecular flexibility index (Phi) is 5.68.